The maximum atomic E-state index is 12.0. The first kappa shape index (κ1) is 15.0. The molecule has 2 amide bonds. The molecule has 1 atom stereocenters. The van der Waals surface area contributed by atoms with E-state index in [4.69, 9.17) is 5.11 Å². The lowest BCUT2D eigenvalue weighted by atomic mass is 10.1. The fourth-order valence-corrected chi connectivity index (χ4v) is 2.60. The number of hydrogen-bond donors (Lipinski definition) is 2. The summed E-state index contributed by atoms with van der Waals surface area (Å²) in [5, 5.41) is 11.4. The molecule has 0 unspecified atom stereocenters. The third-order valence-corrected chi connectivity index (χ3v) is 3.74. The number of aliphatic hydroxyl groups excluding tert-OH is 1. The molecule has 1 fully saturated rings. The molecule has 1 saturated heterocycles. The van der Waals surface area contributed by atoms with Crippen LogP contribution >= 0.6 is 15.9 Å². The molecule has 5 nitrogen and oxygen atoms in total. The molecule has 1 aromatic rings. The van der Waals surface area contributed by atoms with Crippen molar-refractivity contribution in [1.82, 2.24) is 5.32 Å². The number of hydrogen-bond acceptors (Lipinski definition) is 3. The Morgan fingerprint density at radius 2 is 2.30 bits per heavy atom. The average molecular weight is 341 g/mol. The van der Waals surface area contributed by atoms with E-state index in [1.54, 1.807) is 4.90 Å². The van der Waals surface area contributed by atoms with Crippen molar-refractivity contribution in [3.8, 4) is 0 Å². The van der Waals surface area contributed by atoms with Crippen molar-refractivity contribution in [2.45, 2.75) is 12.8 Å². The lowest BCUT2D eigenvalue weighted by Crippen LogP contribution is -2.33. The minimum absolute atomic E-state index is 0.0367. The first-order valence-electron chi connectivity index (χ1n) is 6.56. The van der Waals surface area contributed by atoms with E-state index in [0.717, 1.165) is 10.2 Å². The Bertz CT molecular complexity index is 507. The van der Waals surface area contributed by atoms with Gasteiger partial charge in [-0.1, -0.05) is 22.0 Å². The number of carbonyl (C=O) groups is 2. The van der Waals surface area contributed by atoms with Crippen LogP contribution in [0.25, 0.3) is 0 Å². The van der Waals surface area contributed by atoms with Gasteiger partial charge >= 0.3 is 0 Å². The third-order valence-electron chi connectivity index (χ3n) is 3.25. The molecule has 0 radical (unpaired) electrons. The summed E-state index contributed by atoms with van der Waals surface area (Å²) in [6, 6.07) is 7.48. The van der Waals surface area contributed by atoms with Crippen molar-refractivity contribution in [2.24, 2.45) is 5.92 Å². The summed E-state index contributed by atoms with van der Waals surface area (Å²) >= 11 is 3.37. The molecular formula is C14H17BrN2O3. The van der Waals surface area contributed by atoms with Crippen molar-refractivity contribution >= 4 is 33.4 Å². The van der Waals surface area contributed by atoms with E-state index in [0.29, 0.717) is 19.5 Å². The molecule has 2 rings (SSSR count). The average Bonchev–Trinajstić information content (AvgIpc) is 2.81. The molecule has 1 heterocycles. The van der Waals surface area contributed by atoms with Crippen molar-refractivity contribution < 1.29 is 14.7 Å². The first-order valence-corrected chi connectivity index (χ1v) is 7.35. The Hall–Kier alpha value is -1.40. The zero-order chi connectivity index (χ0) is 14.5. The standard InChI is InChI=1S/C14H17BrN2O3/c15-11-3-1-4-12(8-11)17-9-10(7-13(17)19)14(20)16-5-2-6-18/h1,3-4,8,10,18H,2,5-7,9H2,(H,16,20)/t10-/m1/s1. The van der Waals surface area contributed by atoms with Crippen LogP contribution in [-0.4, -0.2) is 36.6 Å². The fraction of sp³-hybridized carbons (Fsp3) is 0.429. The molecule has 0 bridgehead atoms. The topological polar surface area (TPSA) is 69.6 Å². The zero-order valence-corrected chi connectivity index (χ0v) is 12.6. The summed E-state index contributed by atoms with van der Waals surface area (Å²) in [7, 11) is 0. The number of carbonyl (C=O) groups excluding carboxylic acids is 2. The lowest BCUT2D eigenvalue weighted by molar-refractivity contribution is -0.126. The van der Waals surface area contributed by atoms with E-state index in [2.05, 4.69) is 21.2 Å². The molecule has 0 aromatic heterocycles. The second-order valence-corrected chi connectivity index (χ2v) is 5.67. The highest BCUT2D eigenvalue weighted by atomic mass is 79.9. The summed E-state index contributed by atoms with van der Waals surface area (Å²) in [6.07, 6.45) is 0.763. The molecule has 20 heavy (non-hydrogen) atoms. The Morgan fingerprint density at radius 1 is 1.50 bits per heavy atom. The molecule has 2 N–H and O–H groups in total. The van der Waals surface area contributed by atoms with Gasteiger partial charge < -0.3 is 15.3 Å². The third kappa shape index (κ3) is 3.58. The number of amides is 2. The van der Waals surface area contributed by atoms with Crippen LogP contribution in [0.2, 0.25) is 0 Å². The number of anilines is 1. The van der Waals surface area contributed by atoms with Gasteiger partial charge in [0.2, 0.25) is 11.8 Å². The van der Waals surface area contributed by atoms with Gasteiger partial charge in [-0.05, 0) is 24.6 Å². The maximum absolute atomic E-state index is 12.0. The van der Waals surface area contributed by atoms with Gasteiger partial charge in [0, 0.05) is 36.3 Å². The van der Waals surface area contributed by atoms with Gasteiger partial charge in [0.1, 0.15) is 0 Å². The summed E-state index contributed by atoms with van der Waals surface area (Å²) in [6.45, 7) is 0.894. The van der Waals surface area contributed by atoms with Crippen LogP contribution in [0.1, 0.15) is 12.8 Å². The Kier molecular flexibility index (Phi) is 5.14. The van der Waals surface area contributed by atoms with Crippen molar-refractivity contribution in [3.05, 3.63) is 28.7 Å². The Balaban J connectivity index is 1.98. The smallest absolute Gasteiger partial charge is 0.227 e. The number of benzene rings is 1. The van der Waals surface area contributed by atoms with Crippen LogP contribution in [0.4, 0.5) is 5.69 Å². The van der Waals surface area contributed by atoms with E-state index in [-0.39, 0.29) is 30.8 Å². The largest absolute Gasteiger partial charge is 0.396 e. The summed E-state index contributed by atoms with van der Waals surface area (Å²) in [4.78, 5) is 25.6. The van der Waals surface area contributed by atoms with Gasteiger partial charge in [0.25, 0.3) is 0 Å². The highest BCUT2D eigenvalue weighted by Gasteiger charge is 2.34. The molecule has 108 valence electrons. The van der Waals surface area contributed by atoms with Crippen LogP contribution in [0.5, 0.6) is 0 Å². The maximum Gasteiger partial charge on any atom is 0.227 e. The minimum Gasteiger partial charge on any atom is -0.396 e. The van der Waals surface area contributed by atoms with Gasteiger partial charge in [-0.25, -0.2) is 0 Å². The fourth-order valence-electron chi connectivity index (χ4n) is 2.21. The number of nitrogens with one attached hydrogen (secondary N) is 1. The highest BCUT2D eigenvalue weighted by molar-refractivity contribution is 9.10. The van der Waals surface area contributed by atoms with E-state index in [1.807, 2.05) is 24.3 Å². The van der Waals surface area contributed by atoms with Crippen molar-refractivity contribution in [3.63, 3.8) is 0 Å². The zero-order valence-electron chi connectivity index (χ0n) is 11.0. The molecule has 1 aliphatic rings. The van der Waals surface area contributed by atoms with Crippen LogP contribution in [0.15, 0.2) is 28.7 Å². The van der Waals surface area contributed by atoms with E-state index >= 15 is 0 Å². The quantitative estimate of drug-likeness (QED) is 0.794. The minimum atomic E-state index is -0.319. The lowest BCUT2D eigenvalue weighted by Gasteiger charge is -2.17. The SMILES string of the molecule is O=C(NCCCO)[C@@H]1CC(=O)N(c2cccc(Br)c2)C1. The predicted octanol–water partition coefficient (Wildman–Crippen LogP) is 1.30. The second-order valence-electron chi connectivity index (χ2n) is 4.75. The van der Waals surface area contributed by atoms with Gasteiger partial charge in [0.15, 0.2) is 0 Å². The number of nitrogens with zero attached hydrogens (tertiary/aromatic N) is 1. The molecule has 0 saturated carbocycles. The molecule has 6 heteroatoms. The molecule has 0 spiro atoms. The second kappa shape index (κ2) is 6.85. The summed E-state index contributed by atoms with van der Waals surface area (Å²) < 4.78 is 0.902. The highest BCUT2D eigenvalue weighted by Crippen LogP contribution is 2.27. The van der Waals surface area contributed by atoms with E-state index < -0.39 is 0 Å². The Labute approximate surface area is 126 Å². The molecule has 1 aliphatic heterocycles. The van der Waals surface area contributed by atoms with Gasteiger partial charge in [0.05, 0.1) is 5.92 Å². The van der Waals surface area contributed by atoms with Gasteiger partial charge in [-0.2, -0.15) is 0 Å². The van der Waals surface area contributed by atoms with Crippen LogP contribution in [-0.2, 0) is 9.59 Å². The molecular weight excluding hydrogens is 324 g/mol. The Morgan fingerprint density at radius 3 is 3.00 bits per heavy atom. The van der Waals surface area contributed by atoms with Crippen LogP contribution in [0, 0.1) is 5.92 Å². The van der Waals surface area contributed by atoms with E-state index in [1.165, 1.54) is 0 Å². The van der Waals surface area contributed by atoms with Crippen molar-refractivity contribution in [2.75, 3.05) is 24.6 Å². The molecule has 0 aliphatic carbocycles. The normalized spacial score (nSPS) is 18.4. The molecule has 1 aromatic carbocycles. The van der Waals surface area contributed by atoms with Crippen LogP contribution in [0.3, 0.4) is 0 Å². The van der Waals surface area contributed by atoms with Crippen LogP contribution < -0.4 is 10.2 Å². The van der Waals surface area contributed by atoms with Crippen molar-refractivity contribution in [1.29, 1.82) is 0 Å². The number of rotatable bonds is 5. The number of halogens is 1. The van der Waals surface area contributed by atoms with E-state index in [9.17, 15) is 9.59 Å². The van der Waals surface area contributed by atoms with Gasteiger partial charge in [-0.3, -0.25) is 9.59 Å². The monoisotopic (exact) mass is 340 g/mol. The predicted molar refractivity (Wildman–Crippen MR) is 79.3 cm³/mol. The summed E-state index contributed by atoms with van der Waals surface area (Å²) in [5.41, 5.74) is 0.801. The number of aliphatic hydroxyl groups is 1. The summed E-state index contributed by atoms with van der Waals surface area (Å²) in [5.74, 6) is -0.477. The first-order chi connectivity index (χ1) is 9.61. The van der Waals surface area contributed by atoms with Gasteiger partial charge in [-0.15, -0.1) is 0 Å².